The number of hydrogen-bond acceptors (Lipinski definition) is 2. The molecule has 2 rings (SSSR count). The SMILES string of the molecule is CC(C)c1cnn(C(CC#N)CC2CC2)c1. The average Bonchev–Trinajstić information content (AvgIpc) is 2.92. The fraction of sp³-hybridized carbons (Fsp3) is 0.692. The Hall–Kier alpha value is -1.30. The molecule has 1 aliphatic carbocycles. The number of rotatable bonds is 5. The van der Waals surface area contributed by atoms with Crippen molar-refractivity contribution in [1.82, 2.24) is 9.78 Å². The summed E-state index contributed by atoms with van der Waals surface area (Å²) in [6.07, 6.45) is 8.40. The third-order valence-corrected chi connectivity index (χ3v) is 3.29. The van der Waals surface area contributed by atoms with E-state index in [0.29, 0.717) is 12.3 Å². The molecule has 0 amide bonds. The zero-order chi connectivity index (χ0) is 11.5. The molecule has 1 saturated carbocycles. The lowest BCUT2D eigenvalue weighted by molar-refractivity contribution is 0.410. The Morgan fingerprint density at radius 3 is 2.81 bits per heavy atom. The first-order valence-corrected chi connectivity index (χ1v) is 6.11. The van der Waals surface area contributed by atoms with Gasteiger partial charge in [0.2, 0.25) is 0 Å². The van der Waals surface area contributed by atoms with E-state index in [4.69, 9.17) is 5.26 Å². The van der Waals surface area contributed by atoms with Crippen LogP contribution in [0, 0.1) is 17.2 Å². The molecule has 0 saturated heterocycles. The first-order chi connectivity index (χ1) is 7.70. The monoisotopic (exact) mass is 217 g/mol. The minimum Gasteiger partial charge on any atom is -0.268 e. The van der Waals surface area contributed by atoms with Gasteiger partial charge in [0.1, 0.15) is 0 Å². The van der Waals surface area contributed by atoms with E-state index in [0.717, 1.165) is 12.3 Å². The zero-order valence-electron chi connectivity index (χ0n) is 10.1. The Balaban J connectivity index is 2.07. The highest BCUT2D eigenvalue weighted by Crippen LogP contribution is 2.37. The standard InChI is InChI=1S/C13H19N3/c1-10(2)12-8-15-16(9-12)13(5-6-14)7-11-3-4-11/h8-11,13H,3-5,7H2,1-2H3. The van der Waals surface area contributed by atoms with Gasteiger partial charge in [0.15, 0.2) is 0 Å². The van der Waals surface area contributed by atoms with Crippen LogP contribution >= 0.6 is 0 Å². The van der Waals surface area contributed by atoms with Crippen LogP contribution in [-0.2, 0) is 0 Å². The molecule has 0 aromatic carbocycles. The van der Waals surface area contributed by atoms with Gasteiger partial charge in [-0.2, -0.15) is 10.4 Å². The van der Waals surface area contributed by atoms with Crippen LogP contribution in [0.2, 0.25) is 0 Å². The first-order valence-electron chi connectivity index (χ1n) is 6.11. The van der Waals surface area contributed by atoms with E-state index in [2.05, 4.69) is 31.2 Å². The van der Waals surface area contributed by atoms with Crippen molar-refractivity contribution in [1.29, 1.82) is 5.26 Å². The van der Waals surface area contributed by atoms with Crippen LogP contribution in [0.1, 0.15) is 57.1 Å². The lowest BCUT2D eigenvalue weighted by Crippen LogP contribution is -2.09. The summed E-state index contributed by atoms with van der Waals surface area (Å²) in [6.45, 7) is 4.34. The van der Waals surface area contributed by atoms with Crippen LogP contribution in [0.4, 0.5) is 0 Å². The maximum Gasteiger partial charge on any atom is 0.0651 e. The summed E-state index contributed by atoms with van der Waals surface area (Å²) < 4.78 is 2.00. The predicted molar refractivity (Wildman–Crippen MR) is 62.9 cm³/mol. The largest absolute Gasteiger partial charge is 0.268 e. The molecular formula is C13H19N3. The van der Waals surface area contributed by atoms with Crippen molar-refractivity contribution >= 4 is 0 Å². The van der Waals surface area contributed by atoms with Gasteiger partial charge in [-0.15, -0.1) is 0 Å². The van der Waals surface area contributed by atoms with Crippen LogP contribution in [-0.4, -0.2) is 9.78 Å². The van der Waals surface area contributed by atoms with Crippen molar-refractivity contribution in [2.24, 2.45) is 5.92 Å². The molecule has 3 nitrogen and oxygen atoms in total. The molecule has 0 radical (unpaired) electrons. The summed E-state index contributed by atoms with van der Waals surface area (Å²) in [5.74, 6) is 1.35. The third-order valence-electron chi connectivity index (χ3n) is 3.29. The molecule has 0 aliphatic heterocycles. The molecule has 16 heavy (non-hydrogen) atoms. The van der Waals surface area contributed by atoms with Crippen molar-refractivity contribution in [3.63, 3.8) is 0 Å². The summed E-state index contributed by atoms with van der Waals surface area (Å²) in [6, 6.07) is 2.56. The lowest BCUT2D eigenvalue weighted by atomic mass is 10.1. The van der Waals surface area contributed by atoms with E-state index in [9.17, 15) is 0 Å². The van der Waals surface area contributed by atoms with Gasteiger partial charge in [-0.1, -0.05) is 26.7 Å². The van der Waals surface area contributed by atoms with E-state index in [1.54, 1.807) is 0 Å². The Morgan fingerprint density at radius 1 is 1.56 bits per heavy atom. The molecule has 1 aromatic rings. The zero-order valence-corrected chi connectivity index (χ0v) is 10.1. The van der Waals surface area contributed by atoms with Gasteiger partial charge in [-0.05, 0) is 23.8 Å². The molecule has 86 valence electrons. The van der Waals surface area contributed by atoms with Crippen LogP contribution in [0.3, 0.4) is 0 Å². The van der Waals surface area contributed by atoms with E-state index in [1.165, 1.54) is 18.4 Å². The Bertz CT molecular complexity index is 382. The molecule has 1 aliphatic rings. The second kappa shape index (κ2) is 4.69. The number of nitrogens with zero attached hydrogens (tertiary/aromatic N) is 3. The number of nitriles is 1. The van der Waals surface area contributed by atoms with Crippen LogP contribution in [0.15, 0.2) is 12.4 Å². The van der Waals surface area contributed by atoms with Crippen molar-refractivity contribution in [3.05, 3.63) is 18.0 Å². The van der Waals surface area contributed by atoms with Gasteiger partial charge in [0, 0.05) is 6.20 Å². The van der Waals surface area contributed by atoms with Gasteiger partial charge in [-0.25, -0.2) is 0 Å². The fourth-order valence-electron chi connectivity index (χ4n) is 1.98. The van der Waals surface area contributed by atoms with E-state index in [-0.39, 0.29) is 6.04 Å². The van der Waals surface area contributed by atoms with Gasteiger partial charge in [-0.3, -0.25) is 4.68 Å². The van der Waals surface area contributed by atoms with Crippen LogP contribution in [0.25, 0.3) is 0 Å². The highest BCUT2D eigenvalue weighted by molar-refractivity contribution is 5.09. The molecule has 0 N–H and O–H groups in total. The molecular weight excluding hydrogens is 198 g/mol. The smallest absolute Gasteiger partial charge is 0.0651 e. The molecule has 0 spiro atoms. The van der Waals surface area contributed by atoms with Crippen molar-refractivity contribution in [2.75, 3.05) is 0 Å². The summed E-state index contributed by atoms with van der Waals surface area (Å²) in [5.41, 5.74) is 1.26. The van der Waals surface area contributed by atoms with Crippen molar-refractivity contribution < 1.29 is 0 Å². The minimum absolute atomic E-state index is 0.282. The summed E-state index contributed by atoms with van der Waals surface area (Å²) >= 11 is 0. The Kier molecular flexibility index (Phi) is 3.28. The predicted octanol–water partition coefficient (Wildman–Crippen LogP) is 3.26. The van der Waals surface area contributed by atoms with Crippen molar-refractivity contribution in [3.8, 4) is 6.07 Å². The summed E-state index contributed by atoms with van der Waals surface area (Å²) in [7, 11) is 0. The highest BCUT2D eigenvalue weighted by atomic mass is 15.3. The van der Waals surface area contributed by atoms with Gasteiger partial charge < -0.3 is 0 Å². The topological polar surface area (TPSA) is 41.6 Å². The van der Waals surface area contributed by atoms with E-state index >= 15 is 0 Å². The highest BCUT2D eigenvalue weighted by Gasteiger charge is 2.26. The number of aromatic nitrogens is 2. The molecule has 1 fully saturated rings. The van der Waals surface area contributed by atoms with Crippen LogP contribution < -0.4 is 0 Å². The third kappa shape index (κ3) is 2.63. The Labute approximate surface area is 97.1 Å². The molecule has 3 heteroatoms. The normalized spacial score (nSPS) is 17.4. The maximum absolute atomic E-state index is 8.86. The molecule has 0 bridgehead atoms. The fourth-order valence-corrected chi connectivity index (χ4v) is 1.98. The molecule has 1 unspecified atom stereocenters. The van der Waals surface area contributed by atoms with Gasteiger partial charge >= 0.3 is 0 Å². The summed E-state index contributed by atoms with van der Waals surface area (Å²) in [4.78, 5) is 0. The molecule has 1 aromatic heterocycles. The Morgan fingerprint density at radius 2 is 2.31 bits per heavy atom. The molecule has 1 heterocycles. The quantitative estimate of drug-likeness (QED) is 0.759. The second-order valence-electron chi connectivity index (χ2n) is 5.10. The number of hydrogen-bond donors (Lipinski definition) is 0. The van der Waals surface area contributed by atoms with E-state index < -0.39 is 0 Å². The maximum atomic E-state index is 8.86. The first kappa shape index (κ1) is 11.2. The van der Waals surface area contributed by atoms with Gasteiger partial charge in [0.05, 0.1) is 24.7 Å². The lowest BCUT2D eigenvalue weighted by Gasteiger charge is -2.13. The van der Waals surface area contributed by atoms with Crippen molar-refractivity contribution in [2.45, 2.75) is 51.5 Å². The summed E-state index contributed by atoms with van der Waals surface area (Å²) in [5, 5.41) is 13.3. The minimum atomic E-state index is 0.282. The molecule has 1 atom stereocenters. The van der Waals surface area contributed by atoms with Gasteiger partial charge in [0.25, 0.3) is 0 Å². The second-order valence-corrected chi connectivity index (χ2v) is 5.10. The van der Waals surface area contributed by atoms with E-state index in [1.807, 2.05) is 10.9 Å². The van der Waals surface area contributed by atoms with Crippen LogP contribution in [0.5, 0.6) is 0 Å². The average molecular weight is 217 g/mol.